The molecule has 0 bridgehead atoms. The Hall–Kier alpha value is -1.49. The third-order valence-corrected chi connectivity index (χ3v) is 2.07. The third-order valence-electron chi connectivity index (χ3n) is 2.07. The van der Waals surface area contributed by atoms with Gasteiger partial charge in [0.15, 0.2) is 0 Å². The Labute approximate surface area is 92.6 Å². The standard InChI is InChI=1S/C13H19NO/c1-5-12(9-7-8-10-14)15-13(6-2)11(3)4/h5,7-9,11,13H,1,6H2,2-4H3/b8-7+,12-9+. The van der Waals surface area contributed by atoms with Gasteiger partial charge < -0.3 is 4.74 Å². The van der Waals surface area contributed by atoms with Crippen molar-refractivity contribution < 1.29 is 4.74 Å². The molecule has 0 aliphatic rings. The SMILES string of the molecule is C=C/C(=C\C=C\C#N)OC(CC)C(C)C. The minimum absolute atomic E-state index is 0.199. The van der Waals surface area contributed by atoms with Gasteiger partial charge in [0.25, 0.3) is 0 Å². The lowest BCUT2D eigenvalue weighted by Gasteiger charge is -2.21. The van der Waals surface area contributed by atoms with Gasteiger partial charge in [-0.05, 0) is 30.6 Å². The second-order valence-corrected chi connectivity index (χ2v) is 3.57. The van der Waals surface area contributed by atoms with E-state index in [-0.39, 0.29) is 6.10 Å². The first-order valence-electron chi connectivity index (χ1n) is 5.21. The number of rotatable bonds is 6. The fourth-order valence-electron chi connectivity index (χ4n) is 1.21. The molecule has 0 aromatic carbocycles. The van der Waals surface area contributed by atoms with Gasteiger partial charge in [0, 0.05) is 6.08 Å². The molecule has 0 amide bonds. The average Bonchev–Trinajstić information content (AvgIpc) is 2.22. The van der Waals surface area contributed by atoms with E-state index < -0.39 is 0 Å². The molecule has 0 spiro atoms. The van der Waals surface area contributed by atoms with Crippen LogP contribution in [0.2, 0.25) is 0 Å². The summed E-state index contributed by atoms with van der Waals surface area (Å²) >= 11 is 0. The summed E-state index contributed by atoms with van der Waals surface area (Å²) in [5.74, 6) is 1.18. The molecule has 0 N–H and O–H groups in total. The van der Waals surface area contributed by atoms with Crippen LogP contribution in [0.5, 0.6) is 0 Å². The van der Waals surface area contributed by atoms with Crippen LogP contribution in [-0.2, 0) is 4.74 Å². The number of ether oxygens (including phenoxy) is 1. The largest absolute Gasteiger partial charge is 0.490 e. The molecule has 0 heterocycles. The van der Waals surface area contributed by atoms with Crippen molar-refractivity contribution in [2.24, 2.45) is 5.92 Å². The first-order valence-corrected chi connectivity index (χ1v) is 5.21. The van der Waals surface area contributed by atoms with Crippen molar-refractivity contribution in [1.82, 2.24) is 0 Å². The highest BCUT2D eigenvalue weighted by Gasteiger charge is 2.12. The van der Waals surface area contributed by atoms with Crippen LogP contribution in [0.1, 0.15) is 27.2 Å². The number of nitrogens with zero attached hydrogens (tertiary/aromatic N) is 1. The molecule has 15 heavy (non-hydrogen) atoms. The monoisotopic (exact) mass is 205 g/mol. The van der Waals surface area contributed by atoms with E-state index >= 15 is 0 Å². The first kappa shape index (κ1) is 13.5. The van der Waals surface area contributed by atoms with Crippen molar-refractivity contribution in [1.29, 1.82) is 5.26 Å². The van der Waals surface area contributed by atoms with Crippen molar-refractivity contribution >= 4 is 0 Å². The second kappa shape index (κ2) is 7.87. The highest BCUT2D eigenvalue weighted by Crippen LogP contribution is 2.15. The Kier molecular flexibility index (Phi) is 7.09. The number of allylic oxidation sites excluding steroid dienone is 4. The summed E-state index contributed by atoms with van der Waals surface area (Å²) < 4.78 is 5.74. The zero-order valence-electron chi connectivity index (χ0n) is 9.73. The van der Waals surface area contributed by atoms with Gasteiger partial charge in [-0.1, -0.05) is 27.4 Å². The molecule has 0 saturated heterocycles. The fourth-order valence-corrected chi connectivity index (χ4v) is 1.21. The molecule has 1 atom stereocenters. The molecule has 1 unspecified atom stereocenters. The van der Waals surface area contributed by atoms with E-state index in [1.54, 1.807) is 18.2 Å². The average molecular weight is 205 g/mol. The Bertz CT molecular complexity index is 281. The lowest BCUT2D eigenvalue weighted by atomic mass is 10.1. The normalized spacial score (nSPS) is 13.9. The maximum absolute atomic E-state index is 8.34. The maximum atomic E-state index is 8.34. The molecular formula is C13H19NO. The van der Waals surface area contributed by atoms with Gasteiger partial charge in [-0.15, -0.1) is 0 Å². The van der Waals surface area contributed by atoms with Crippen LogP contribution in [0.25, 0.3) is 0 Å². The Balaban J connectivity index is 4.44. The zero-order chi connectivity index (χ0) is 11.7. The van der Waals surface area contributed by atoms with Gasteiger partial charge in [-0.25, -0.2) is 0 Å². The zero-order valence-corrected chi connectivity index (χ0v) is 9.73. The molecule has 0 rings (SSSR count). The maximum Gasteiger partial charge on any atom is 0.119 e. The Morgan fingerprint density at radius 1 is 1.53 bits per heavy atom. The number of nitriles is 1. The van der Waals surface area contributed by atoms with Crippen molar-refractivity contribution in [2.45, 2.75) is 33.3 Å². The lowest BCUT2D eigenvalue weighted by Crippen LogP contribution is -2.17. The summed E-state index contributed by atoms with van der Waals surface area (Å²) in [7, 11) is 0. The molecular weight excluding hydrogens is 186 g/mol. The summed E-state index contributed by atoms with van der Waals surface area (Å²) in [5, 5.41) is 8.34. The summed E-state index contributed by atoms with van der Waals surface area (Å²) in [5.41, 5.74) is 0. The number of hydrogen-bond donors (Lipinski definition) is 0. The van der Waals surface area contributed by atoms with E-state index in [1.165, 1.54) is 6.08 Å². The van der Waals surface area contributed by atoms with Crippen molar-refractivity contribution in [3.05, 3.63) is 36.6 Å². The van der Waals surface area contributed by atoms with Crippen LogP contribution in [0.3, 0.4) is 0 Å². The molecule has 82 valence electrons. The summed E-state index contributed by atoms with van der Waals surface area (Å²) in [6, 6.07) is 1.92. The third kappa shape index (κ3) is 5.74. The van der Waals surface area contributed by atoms with Crippen LogP contribution < -0.4 is 0 Å². The van der Waals surface area contributed by atoms with Crippen LogP contribution in [-0.4, -0.2) is 6.10 Å². The van der Waals surface area contributed by atoms with E-state index in [9.17, 15) is 0 Å². The van der Waals surface area contributed by atoms with Gasteiger partial charge in [-0.3, -0.25) is 0 Å². The highest BCUT2D eigenvalue weighted by atomic mass is 16.5. The molecule has 0 aromatic rings. The van der Waals surface area contributed by atoms with Gasteiger partial charge in [-0.2, -0.15) is 5.26 Å². The van der Waals surface area contributed by atoms with Gasteiger partial charge >= 0.3 is 0 Å². The molecule has 0 aromatic heterocycles. The highest BCUT2D eigenvalue weighted by molar-refractivity contribution is 5.20. The van der Waals surface area contributed by atoms with E-state index in [0.29, 0.717) is 11.7 Å². The molecule has 0 radical (unpaired) electrons. The van der Waals surface area contributed by atoms with Crippen LogP contribution in [0.15, 0.2) is 36.6 Å². The summed E-state index contributed by atoms with van der Waals surface area (Å²) in [4.78, 5) is 0. The minimum Gasteiger partial charge on any atom is -0.490 e. The fraction of sp³-hybridized carbons (Fsp3) is 0.462. The predicted molar refractivity (Wildman–Crippen MR) is 63.0 cm³/mol. The number of hydrogen-bond acceptors (Lipinski definition) is 2. The second-order valence-electron chi connectivity index (χ2n) is 3.57. The van der Waals surface area contributed by atoms with Gasteiger partial charge in [0.2, 0.25) is 0 Å². The molecule has 0 saturated carbocycles. The van der Waals surface area contributed by atoms with E-state index in [4.69, 9.17) is 10.00 Å². The molecule has 2 nitrogen and oxygen atoms in total. The van der Waals surface area contributed by atoms with Crippen molar-refractivity contribution in [3.63, 3.8) is 0 Å². The van der Waals surface area contributed by atoms with Crippen LogP contribution in [0.4, 0.5) is 0 Å². The first-order chi connectivity index (χ1) is 7.15. The Morgan fingerprint density at radius 3 is 2.60 bits per heavy atom. The van der Waals surface area contributed by atoms with Crippen molar-refractivity contribution in [2.75, 3.05) is 0 Å². The topological polar surface area (TPSA) is 33.0 Å². The molecule has 0 fully saturated rings. The van der Waals surface area contributed by atoms with Crippen LogP contribution in [0, 0.1) is 17.2 Å². The minimum atomic E-state index is 0.199. The van der Waals surface area contributed by atoms with Crippen molar-refractivity contribution in [3.8, 4) is 6.07 Å². The van der Waals surface area contributed by atoms with Gasteiger partial charge in [0.05, 0.1) is 6.07 Å². The molecule has 2 heteroatoms. The van der Waals surface area contributed by atoms with E-state index in [2.05, 4.69) is 27.4 Å². The molecule has 0 aliphatic carbocycles. The quantitative estimate of drug-likeness (QED) is 0.377. The van der Waals surface area contributed by atoms with Crippen LogP contribution >= 0.6 is 0 Å². The van der Waals surface area contributed by atoms with E-state index in [1.807, 2.05) is 6.07 Å². The predicted octanol–water partition coefficient (Wildman–Crippen LogP) is 3.59. The molecule has 0 aliphatic heterocycles. The summed E-state index contributed by atoms with van der Waals surface area (Å²) in [6.07, 6.45) is 7.64. The smallest absolute Gasteiger partial charge is 0.119 e. The van der Waals surface area contributed by atoms with E-state index in [0.717, 1.165) is 6.42 Å². The lowest BCUT2D eigenvalue weighted by molar-refractivity contribution is 0.0814. The summed E-state index contributed by atoms with van der Waals surface area (Å²) in [6.45, 7) is 10.0. The Morgan fingerprint density at radius 2 is 2.20 bits per heavy atom. The van der Waals surface area contributed by atoms with Gasteiger partial charge in [0.1, 0.15) is 11.9 Å².